The molecule has 3 heterocycles. The molecule has 22 heavy (non-hydrogen) atoms. The Hall–Kier alpha value is -2.07. The molecule has 2 aromatic rings. The van der Waals surface area contributed by atoms with Gasteiger partial charge in [0.25, 0.3) is 0 Å². The zero-order chi connectivity index (χ0) is 14.5. The van der Waals surface area contributed by atoms with Crippen LogP contribution in [0.1, 0.15) is 23.1 Å². The molecule has 4 heteroatoms. The first-order chi connectivity index (χ1) is 10.9. The van der Waals surface area contributed by atoms with Crippen LogP contribution >= 0.6 is 11.8 Å². The number of hydrogen-bond acceptors (Lipinski definition) is 4. The number of nitrogens with zero attached hydrogens (tertiary/aromatic N) is 2. The van der Waals surface area contributed by atoms with E-state index in [0.717, 1.165) is 41.0 Å². The van der Waals surface area contributed by atoms with Crippen molar-refractivity contribution < 1.29 is 4.74 Å². The molecule has 1 unspecified atom stereocenters. The molecule has 3 aliphatic rings. The molecule has 0 aliphatic carbocycles. The fraction of sp³-hybridized carbons (Fsp3) is 0.222. The van der Waals surface area contributed by atoms with Crippen LogP contribution in [0.4, 0.5) is 5.69 Å². The van der Waals surface area contributed by atoms with Crippen molar-refractivity contribution >= 4 is 29.4 Å². The summed E-state index contributed by atoms with van der Waals surface area (Å²) in [7, 11) is 0. The fourth-order valence-corrected chi connectivity index (χ4v) is 3.58. The summed E-state index contributed by atoms with van der Waals surface area (Å²) in [5, 5.41) is 0.776. The van der Waals surface area contributed by atoms with Crippen LogP contribution in [0, 0.1) is 0 Å². The maximum absolute atomic E-state index is 6.08. The summed E-state index contributed by atoms with van der Waals surface area (Å²) in [6, 6.07) is 12.1. The molecule has 0 amide bonds. The molecule has 0 N–H and O–H groups in total. The molecule has 5 rings (SSSR count). The lowest BCUT2D eigenvalue weighted by molar-refractivity contribution is 0.484. The van der Waals surface area contributed by atoms with E-state index in [-0.39, 0.29) is 0 Å². The van der Waals surface area contributed by atoms with E-state index in [4.69, 9.17) is 9.73 Å². The summed E-state index contributed by atoms with van der Waals surface area (Å²) >= 11 is 2.02. The Morgan fingerprint density at radius 1 is 1.14 bits per heavy atom. The van der Waals surface area contributed by atoms with Crippen molar-refractivity contribution in [2.24, 2.45) is 9.98 Å². The molecular weight excluding hydrogens is 292 g/mol. The Kier molecular flexibility index (Phi) is 2.67. The first-order valence-corrected chi connectivity index (χ1v) is 8.55. The second-order valence-electron chi connectivity index (χ2n) is 5.75. The van der Waals surface area contributed by atoms with Crippen molar-refractivity contribution in [3.63, 3.8) is 0 Å². The lowest BCUT2D eigenvalue weighted by atomic mass is 9.98. The third kappa shape index (κ3) is 1.98. The minimum Gasteiger partial charge on any atom is -0.454 e. The van der Waals surface area contributed by atoms with Gasteiger partial charge in [0.05, 0.1) is 6.54 Å². The van der Waals surface area contributed by atoms with Crippen molar-refractivity contribution in [1.29, 1.82) is 0 Å². The molecule has 0 bridgehead atoms. The number of aliphatic imine (C=N–C) groups is 2. The minimum absolute atomic E-state index is 0.747. The van der Waals surface area contributed by atoms with Gasteiger partial charge >= 0.3 is 0 Å². The number of benzene rings is 2. The summed E-state index contributed by atoms with van der Waals surface area (Å²) in [6.45, 7) is 0.747. The Bertz CT molecular complexity index is 837. The van der Waals surface area contributed by atoms with Gasteiger partial charge in [-0.2, -0.15) is 11.8 Å². The minimum atomic E-state index is 0.747. The van der Waals surface area contributed by atoms with E-state index < -0.39 is 0 Å². The van der Waals surface area contributed by atoms with Crippen LogP contribution in [0.5, 0.6) is 11.5 Å². The molecule has 0 spiro atoms. The number of para-hydroxylation sites is 2. The third-order valence-corrected chi connectivity index (χ3v) is 5.27. The standard InChI is InChI=1S/C18H14N2OS/c1-2-4-18-15(3-1)19-9-14-13-8-20-16(7-11-10-22-11)12(13)5-6-17(14)21-18/h1-6,9,11H,7-8,10H2. The lowest BCUT2D eigenvalue weighted by Gasteiger charge is -2.11. The maximum atomic E-state index is 6.08. The molecular formula is C18H14N2OS. The molecule has 1 saturated heterocycles. The molecule has 0 radical (unpaired) electrons. The smallest absolute Gasteiger partial charge is 0.153 e. The summed E-state index contributed by atoms with van der Waals surface area (Å²) in [4.78, 5) is 9.36. The number of hydrogen-bond donors (Lipinski definition) is 0. The number of ether oxygens (including phenoxy) is 1. The Morgan fingerprint density at radius 3 is 2.95 bits per heavy atom. The normalized spacial score (nSPS) is 20.4. The fourth-order valence-electron chi connectivity index (χ4n) is 3.05. The van der Waals surface area contributed by atoms with Gasteiger partial charge in [-0.3, -0.25) is 9.98 Å². The lowest BCUT2D eigenvalue weighted by Crippen LogP contribution is -2.04. The highest BCUT2D eigenvalue weighted by Crippen LogP contribution is 2.40. The van der Waals surface area contributed by atoms with Gasteiger partial charge in [-0.15, -0.1) is 0 Å². The molecule has 3 nitrogen and oxygen atoms in total. The van der Waals surface area contributed by atoms with Crippen molar-refractivity contribution in [2.75, 3.05) is 5.75 Å². The molecule has 0 aromatic heterocycles. The van der Waals surface area contributed by atoms with Gasteiger partial charge in [0.1, 0.15) is 11.4 Å². The number of thioether (sulfide) groups is 1. The number of rotatable bonds is 2. The van der Waals surface area contributed by atoms with Crippen LogP contribution in [0.15, 0.2) is 46.4 Å². The average molecular weight is 306 g/mol. The van der Waals surface area contributed by atoms with E-state index >= 15 is 0 Å². The molecule has 108 valence electrons. The van der Waals surface area contributed by atoms with Gasteiger partial charge in [-0.05, 0) is 29.8 Å². The van der Waals surface area contributed by atoms with E-state index in [1.54, 1.807) is 0 Å². The second-order valence-corrected chi connectivity index (χ2v) is 7.09. The highest BCUT2D eigenvalue weighted by molar-refractivity contribution is 8.06. The molecule has 1 fully saturated rings. The van der Waals surface area contributed by atoms with E-state index in [1.807, 2.05) is 42.2 Å². The molecule has 3 aliphatic heterocycles. The summed E-state index contributed by atoms with van der Waals surface area (Å²) in [6.07, 6.45) is 3.03. The highest BCUT2D eigenvalue weighted by Gasteiger charge is 2.29. The van der Waals surface area contributed by atoms with Crippen LogP contribution in [0.25, 0.3) is 0 Å². The highest BCUT2D eigenvalue weighted by atomic mass is 32.2. The Balaban J connectivity index is 1.58. The van der Waals surface area contributed by atoms with Gasteiger partial charge in [0.2, 0.25) is 0 Å². The Labute approximate surface area is 133 Å². The van der Waals surface area contributed by atoms with Gasteiger partial charge in [0, 0.05) is 40.5 Å². The van der Waals surface area contributed by atoms with Crippen LogP contribution in [-0.2, 0) is 6.54 Å². The van der Waals surface area contributed by atoms with E-state index in [2.05, 4.69) is 17.1 Å². The van der Waals surface area contributed by atoms with Crippen LogP contribution < -0.4 is 4.74 Å². The van der Waals surface area contributed by atoms with Crippen LogP contribution in [0.3, 0.4) is 0 Å². The topological polar surface area (TPSA) is 34.0 Å². The first-order valence-electron chi connectivity index (χ1n) is 7.50. The zero-order valence-electron chi connectivity index (χ0n) is 12.0. The molecule has 0 saturated carbocycles. The van der Waals surface area contributed by atoms with Crippen molar-refractivity contribution in [3.8, 4) is 11.5 Å². The van der Waals surface area contributed by atoms with Gasteiger partial charge in [0.15, 0.2) is 5.75 Å². The average Bonchev–Trinajstić information content (AvgIpc) is 3.30. The van der Waals surface area contributed by atoms with E-state index in [1.165, 1.54) is 22.6 Å². The summed E-state index contributed by atoms with van der Waals surface area (Å²) < 4.78 is 6.08. The van der Waals surface area contributed by atoms with E-state index in [9.17, 15) is 0 Å². The summed E-state index contributed by atoms with van der Waals surface area (Å²) in [5.74, 6) is 2.97. The molecule has 2 aromatic carbocycles. The zero-order valence-corrected chi connectivity index (χ0v) is 12.8. The first kappa shape index (κ1) is 12.5. The van der Waals surface area contributed by atoms with Crippen molar-refractivity contribution in [2.45, 2.75) is 18.2 Å². The monoisotopic (exact) mass is 306 g/mol. The van der Waals surface area contributed by atoms with Crippen LogP contribution in [0.2, 0.25) is 0 Å². The SMILES string of the molecule is C1=Nc2ccccc2Oc2ccc3c(c21)CN=C3CC1CS1. The maximum Gasteiger partial charge on any atom is 0.153 e. The summed E-state index contributed by atoms with van der Waals surface area (Å²) in [5.41, 5.74) is 5.75. The van der Waals surface area contributed by atoms with Gasteiger partial charge in [-0.1, -0.05) is 12.1 Å². The van der Waals surface area contributed by atoms with Gasteiger partial charge < -0.3 is 4.74 Å². The van der Waals surface area contributed by atoms with E-state index in [0.29, 0.717) is 0 Å². The molecule has 1 atom stereocenters. The number of fused-ring (bicyclic) bond motifs is 4. The van der Waals surface area contributed by atoms with Crippen molar-refractivity contribution in [3.05, 3.63) is 53.1 Å². The predicted molar refractivity (Wildman–Crippen MR) is 91.3 cm³/mol. The Morgan fingerprint density at radius 2 is 2.05 bits per heavy atom. The largest absolute Gasteiger partial charge is 0.454 e. The quantitative estimate of drug-likeness (QED) is 0.660. The van der Waals surface area contributed by atoms with Gasteiger partial charge in [-0.25, -0.2) is 0 Å². The predicted octanol–water partition coefficient (Wildman–Crippen LogP) is 4.35. The van der Waals surface area contributed by atoms with Crippen molar-refractivity contribution in [1.82, 2.24) is 0 Å². The van der Waals surface area contributed by atoms with Crippen LogP contribution in [-0.4, -0.2) is 22.9 Å². The second kappa shape index (κ2) is 4.71. The third-order valence-electron chi connectivity index (χ3n) is 4.30.